The Morgan fingerprint density at radius 2 is 1.76 bits per heavy atom. The standard InChI is InChI=1S/C16H17N5/c1-12-6-4-5-7-16(12)21-13(2)8-15(14(21)3)9-19-20-10-17-18-11-20/h4-11H,1-3H3/b19-9+. The minimum absolute atomic E-state index is 1.09. The zero-order valence-electron chi connectivity index (χ0n) is 12.4. The Hall–Kier alpha value is -2.69. The molecule has 0 aliphatic rings. The SMILES string of the molecule is Cc1ccccc1-n1c(C)cc(/C=N/n2cnnc2)c1C. The smallest absolute Gasteiger partial charge is 0.141 e. The van der Waals surface area contributed by atoms with E-state index < -0.39 is 0 Å². The van der Waals surface area contributed by atoms with Gasteiger partial charge in [-0.2, -0.15) is 5.10 Å². The fourth-order valence-electron chi connectivity index (χ4n) is 2.49. The molecule has 0 radical (unpaired) electrons. The highest BCUT2D eigenvalue weighted by molar-refractivity contribution is 5.82. The fourth-order valence-corrected chi connectivity index (χ4v) is 2.49. The summed E-state index contributed by atoms with van der Waals surface area (Å²) in [5.74, 6) is 0. The second-order valence-corrected chi connectivity index (χ2v) is 5.03. The Labute approximate surface area is 123 Å². The summed E-state index contributed by atoms with van der Waals surface area (Å²) in [6, 6.07) is 10.5. The molecule has 3 aromatic rings. The zero-order chi connectivity index (χ0) is 14.8. The molecule has 1 aromatic carbocycles. The average Bonchev–Trinajstić information content (AvgIpc) is 3.07. The number of hydrogen-bond donors (Lipinski definition) is 0. The van der Waals surface area contributed by atoms with Gasteiger partial charge in [-0.3, -0.25) is 0 Å². The van der Waals surface area contributed by atoms with Gasteiger partial charge in [-0.25, -0.2) is 4.68 Å². The third-order valence-corrected chi connectivity index (χ3v) is 3.56. The van der Waals surface area contributed by atoms with E-state index in [1.807, 2.05) is 6.21 Å². The Balaban J connectivity index is 2.03. The van der Waals surface area contributed by atoms with Crippen molar-refractivity contribution in [3.05, 3.63) is 65.5 Å². The van der Waals surface area contributed by atoms with Crippen molar-refractivity contribution in [3.8, 4) is 5.69 Å². The highest BCUT2D eigenvalue weighted by Gasteiger charge is 2.10. The minimum Gasteiger partial charge on any atom is -0.318 e. The predicted octanol–water partition coefficient (Wildman–Crippen LogP) is 2.88. The maximum atomic E-state index is 4.32. The second-order valence-electron chi connectivity index (χ2n) is 5.03. The van der Waals surface area contributed by atoms with Crippen molar-refractivity contribution in [3.63, 3.8) is 0 Å². The van der Waals surface area contributed by atoms with Crippen LogP contribution in [0.4, 0.5) is 0 Å². The topological polar surface area (TPSA) is 48.0 Å². The van der Waals surface area contributed by atoms with Crippen LogP contribution in [-0.4, -0.2) is 25.7 Å². The second kappa shape index (κ2) is 5.36. The number of rotatable bonds is 3. The molecular formula is C16H17N5. The summed E-state index contributed by atoms with van der Waals surface area (Å²) in [6.45, 7) is 6.33. The lowest BCUT2D eigenvalue weighted by molar-refractivity contribution is 0.877. The van der Waals surface area contributed by atoms with Gasteiger partial charge < -0.3 is 4.57 Å². The van der Waals surface area contributed by atoms with Gasteiger partial charge in [0.1, 0.15) is 12.7 Å². The molecule has 5 heteroatoms. The summed E-state index contributed by atoms with van der Waals surface area (Å²) in [4.78, 5) is 0. The first-order chi connectivity index (χ1) is 10.2. The lowest BCUT2D eigenvalue weighted by Crippen LogP contribution is -2.01. The molecule has 0 saturated carbocycles. The van der Waals surface area contributed by atoms with E-state index in [-0.39, 0.29) is 0 Å². The number of hydrogen-bond acceptors (Lipinski definition) is 3. The first-order valence-corrected chi connectivity index (χ1v) is 6.81. The summed E-state index contributed by atoms with van der Waals surface area (Å²) >= 11 is 0. The van der Waals surface area contributed by atoms with Gasteiger partial charge in [-0.05, 0) is 38.5 Å². The first-order valence-electron chi connectivity index (χ1n) is 6.81. The van der Waals surface area contributed by atoms with Crippen LogP contribution in [0.2, 0.25) is 0 Å². The van der Waals surface area contributed by atoms with Crippen molar-refractivity contribution in [2.75, 3.05) is 0 Å². The van der Waals surface area contributed by atoms with Crippen LogP contribution in [0.15, 0.2) is 48.1 Å². The number of para-hydroxylation sites is 1. The normalized spacial score (nSPS) is 11.4. The first kappa shape index (κ1) is 13.3. The summed E-state index contributed by atoms with van der Waals surface area (Å²) in [5.41, 5.74) is 5.90. The Morgan fingerprint density at radius 1 is 1.05 bits per heavy atom. The number of aryl methyl sites for hydroxylation is 2. The number of nitrogens with zero attached hydrogens (tertiary/aromatic N) is 5. The van der Waals surface area contributed by atoms with Crippen molar-refractivity contribution < 1.29 is 0 Å². The van der Waals surface area contributed by atoms with Crippen LogP contribution in [0.5, 0.6) is 0 Å². The van der Waals surface area contributed by atoms with Crippen molar-refractivity contribution in [1.82, 2.24) is 19.4 Å². The Bertz CT molecular complexity index is 781. The summed E-state index contributed by atoms with van der Waals surface area (Å²) in [5, 5.41) is 11.8. The summed E-state index contributed by atoms with van der Waals surface area (Å²) in [6.07, 6.45) is 4.97. The molecule has 2 aromatic heterocycles. The molecule has 0 spiro atoms. The van der Waals surface area contributed by atoms with E-state index in [1.165, 1.54) is 22.6 Å². The van der Waals surface area contributed by atoms with Crippen molar-refractivity contribution >= 4 is 6.21 Å². The molecule has 0 amide bonds. The maximum Gasteiger partial charge on any atom is 0.141 e. The van der Waals surface area contributed by atoms with Gasteiger partial charge in [0.15, 0.2) is 0 Å². The van der Waals surface area contributed by atoms with E-state index in [0.717, 1.165) is 5.56 Å². The highest BCUT2D eigenvalue weighted by atomic mass is 15.4. The molecule has 106 valence electrons. The van der Waals surface area contributed by atoms with Gasteiger partial charge in [-0.15, -0.1) is 10.2 Å². The Morgan fingerprint density at radius 3 is 2.48 bits per heavy atom. The lowest BCUT2D eigenvalue weighted by atomic mass is 10.2. The van der Waals surface area contributed by atoms with Gasteiger partial charge >= 0.3 is 0 Å². The molecule has 0 atom stereocenters. The van der Waals surface area contributed by atoms with Crippen molar-refractivity contribution in [2.45, 2.75) is 20.8 Å². The molecule has 0 saturated heterocycles. The van der Waals surface area contributed by atoms with E-state index in [9.17, 15) is 0 Å². The highest BCUT2D eigenvalue weighted by Crippen LogP contribution is 2.22. The molecule has 3 rings (SSSR count). The largest absolute Gasteiger partial charge is 0.318 e. The van der Waals surface area contributed by atoms with E-state index >= 15 is 0 Å². The van der Waals surface area contributed by atoms with Crippen molar-refractivity contribution in [1.29, 1.82) is 0 Å². The molecule has 0 aliphatic carbocycles. The van der Waals surface area contributed by atoms with Crippen LogP contribution in [0.25, 0.3) is 5.69 Å². The molecule has 0 fully saturated rings. The quantitative estimate of drug-likeness (QED) is 0.692. The molecule has 21 heavy (non-hydrogen) atoms. The number of aromatic nitrogens is 4. The van der Waals surface area contributed by atoms with Crippen LogP contribution < -0.4 is 0 Å². The summed E-state index contributed by atoms with van der Waals surface area (Å²) < 4.78 is 3.84. The third-order valence-electron chi connectivity index (χ3n) is 3.56. The third kappa shape index (κ3) is 2.50. The van der Waals surface area contributed by atoms with Gasteiger partial charge in [0, 0.05) is 22.6 Å². The monoisotopic (exact) mass is 279 g/mol. The molecule has 2 heterocycles. The fraction of sp³-hybridized carbons (Fsp3) is 0.188. The molecule has 0 N–H and O–H groups in total. The van der Waals surface area contributed by atoms with Crippen LogP contribution in [0.1, 0.15) is 22.5 Å². The van der Waals surface area contributed by atoms with Crippen LogP contribution in [0, 0.1) is 20.8 Å². The van der Waals surface area contributed by atoms with E-state index in [1.54, 1.807) is 17.3 Å². The van der Waals surface area contributed by atoms with E-state index in [4.69, 9.17) is 0 Å². The van der Waals surface area contributed by atoms with Crippen molar-refractivity contribution in [2.24, 2.45) is 5.10 Å². The van der Waals surface area contributed by atoms with E-state index in [2.05, 4.69) is 71.0 Å². The van der Waals surface area contributed by atoms with Crippen LogP contribution in [0.3, 0.4) is 0 Å². The lowest BCUT2D eigenvalue weighted by Gasteiger charge is -2.12. The molecule has 0 unspecified atom stereocenters. The van der Waals surface area contributed by atoms with Crippen LogP contribution in [-0.2, 0) is 0 Å². The molecule has 0 aliphatic heterocycles. The minimum atomic E-state index is 1.09. The maximum absolute atomic E-state index is 4.32. The Kier molecular flexibility index (Phi) is 3.39. The van der Waals surface area contributed by atoms with Gasteiger partial charge in [0.25, 0.3) is 0 Å². The van der Waals surface area contributed by atoms with E-state index in [0.29, 0.717) is 0 Å². The molecule has 0 bridgehead atoms. The van der Waals surface area contributed by atoms with Gasteiger partial charge in [0.2, 0.25) is 0 Å². The summed E-state index contributed by atoms with van der Waals surface area (Å²) in [7, 11) is 0. The number of benzene rings is 1. The zero-order valence-corrected chi connectivity index (χ0v) is 12.4. The molecular weight excluding hydrogens is 262 g/mol. The van der Waals surface area contributed by atoms with Gasteiger partial charge in [0.05, 0.1) is 6.21 Å². The predicted molar refractivity (Wildman–Crippen MR) is 83.0 cm³/mol. The average molecular weight is 279 g/mol. The molecule has 5 nitrogen and oxygen atoms in total. The van der Waals surface area contributed by atoms with Gasteiger partial charge in [-0.1, -0.05) is 18.2 Å². The van der Waals surface area contributed by atoms with Crippen LogP contribution >= 0.6 is 0 Å².